The van der Waals surface area contributed by atoms with Gasteiger partial charge in [-0.1, -0.05) is 13.8 Å². The van der Waals surface area contributed by atoms with E-state index in [0.29, 0.717) is 34.9 Å². The number of nitrogens with two attached hydrogens (primary N) is 1. The lowest BCUT2D eigenvalue weighted by molar-refractivity contribution is 0.0947. The second-order valence-corrected chi connectivity index (χ2v) is 5.56. The van der Waals surface area contributed by atoms with Crippen molar-refractivity contribution in [2.24, 2.45) is 11.3 Å². The predicted octanol–water partition coefficient (Wildman–Crippen LogP) is 2.05. The summed E-state index contributed by atoms with van der Waals surface area (Å²) in [6.45, 7) is 5.14. The summed E-state index contributed by atoms with van der Waals surface area (Å²) < 4.78 is 5.17. The van der Waals surface area contributed by atoms with Crippen LogP contribution in [-0.4, -0.2) is 19.6 Å². The summed E-state index contributed by atoms with van der Waals surface area (Å²) in [4.78, 5) is 12.1. The first-order valence-corrected chi connectivity index (χ1v) is 6.16. The summed E-state index contributed by atoms with van der Waals surface area (Å²) in [7, 11) is 1.55. The van der Waals surface area contributed by atoms with Gasteiger partial charge in [-0.3, -0.25) is 4.79 Å². The van der Waals surface area contributed by atoms with E-state index < -0.39 is 0 Å². The molecule has 0 saturated heterocycles. The summed E-state index contributed by atoms with van der Waals surface area (Å²) in [5.74, 6) is 1.01. The molecule has 1 unspecified atom stereocenters. The Kier molecular flexibility index (Phi) is 3.20. The Labute approximate surface area is 108 Å². The van der Waals surface area contributed by atoms with Gasteiger partial charge in [0.05, 0.1) is 12.7 Å². The van der Waals surface area contributed by atoms with Crippen molar-refractivity contribution >= 4 is 11.6 Å². The molecule has 0 aliphatic heterocycles. The van der Waals surface area contributed by atoms with Gasteiger partial charge in [0.25, 0.3) is 5.91 Å². The SMILES string of the molecule is COc1ccc(N)cc1C(=O)NCC1CC1(C)C. The number of carbonyl (C=O) groups is 1. The quantitative estimate of drug-likeness (QED) is 0.802. The molecule has 0 heterocycles. The van der Waals surface area contributed by atoms with Gasteiger partial charge in [0.15, 0.2) is 0 Å². The van der Waals surface area contributed by atoms with Crippen LogP contribution in [0.3, 0.4) is 0 Å². The first-order valence-electron chi connectivity index (χ1n) is 6.16. The maximum Gasteiger partial charge on any atom is 0.255 e. The fraction of sp³-hybridized carbons (Fsp3) is 0.500. The van der Waals surface area contributed by atoms with Crippen LogP contribution in [-0.2, 0) is 0 Å². The molecule has 2 rings (SSSR count). The highest BCUT2D eigenvalue weighted by molar-refractivity contribution is 5.97. The van der Waals surface area contributed by atoms with Gasteiger partial charge in [0.1, 0.15) is 5.75 Å². The van der Waals surface area contributed by atoms with E-state index in [1.165, 1.54) is 6.42 Å². The summed E-state index contributed by atoms with van der Waals surface area (Å²) in [5.41, 5.74) is 7.12. The molecule has 0 spiro atoms. The zero-order chi connectivity index (χ0) is 13.3. The van der Waals surface area contributed by atoms with E-state index in [9.17, 15) is 4.79 Å². The van der Waals surface area contributed by atoms with E-state index in [1.807, 2.05) is 0 Å². The third kappa shape index (κ3) is 2.58. The number of rotatable bonds is 4. The molecule has 98 valence electrons. The lowest BCUT2D eigenvalue weighted by Crippen LogP contribution is -2.27. The molecule has 0 radical (unpaired) electrons. The summed E-state index contributed by atoms with van der Waals surface area (Å²) >= 11 is 0. The number of nitrogens with one attached hydrogen (secondary N) is 1. The van der Waals surface area contributed by atoms with Gasteiger partial charge in [-0.25, -0.2) is 0 Å². The number of anilines is 1. The highest BCUT2D eigenvalue weighted by atomic mass is 16.5. The molecule has 0 aromatic heterocycles. The first-order chi connectivity index (χ1) is 8.44. The monoisotopic (exact) mass is 248 g/mol. The number of benzene rings is 1. The van der Waals surface area contributed by atoms with Crippen LogP contribution in [0.4, 0.5) is 5.69 Å². The van der Waals surface area contributed by atoms with Gasteiger partial charge in [-0.2, -0.15) is 0 Å². The van der Waals surface area contributed by atoms with E-state index in [4.69, 9.17) is 10.5 Å². The third-order valence-corrected chi connectivity index (χ3v) is 3.69. The Hall–Kier alpha value is -1.71. The summed E-state index contributed by atoms with van der Waals surface area (Å²) in [5, 5.41) is 2.94. The van der Waals surface area contributed by atoms with E-state index in [2.05, 4.69) is 19.2 Å². The second-order valence-electron chi connectivity index (χ2n) is 5.56. The van der Waals surface area contributed by atoms with Gasteiger partial charge in [-0.15, -0.1) is 0 Å². The lowest BCUT2D eigenvalue weighted by atomic mass is 10.1. The normalized spacial score (nSPS) is 20.3. The number of amides is 1. The van der Waals surface area contributed by atoms with Crippen LogP contribution in [0.25, 0.3) is 0 Å². The van der Waals surface area contributed by atoms with Crippen LogP contribution in [0.2, 0.25) is 0 Å². The number of carbonyl (C=O) groups excluding carboxylic acids is 1. The van der Waals surface area contributed by atoms with E-state index in [0.717, 1.165) is 0 Å². The number of hydrogen-bond acceptors (Lipinski definition) is 3. The Morgan fingerprint density at radius 1 is 1.56 bits per heavy atom. The van der Waals surface area contributed by atoms with Crippen LogP contribution in [0.15, 0.2) is 18.2 Å². The standard InChI is InChI=1S/C14H20N2O2/c1-14(2)7-9(14)8-16-13(17)11-6-10(15)4-5-12(11)18-3/h4-6,9H,7-8,15H2,1-3H3,(H,16,17). The topological polar surface area (TPSA) is 64.3 Å². The zero-order valence-corrected chi connectivity index (χ0v) is 11.1. The molecule has 3 N–H and O–H groups in total. The molecule has 1 aromatic rings. The van der Waals surface area contributed by atoms with Crippen LogP contribution < -0.4 is 15.8 Å². The van der Waals surface area contributed by atoms with Gasteiger partial charge in [-0.05, 0) is 36.0 Å². The minimum Gasteiger partial charge on any atom is -0.496 e. The molecule has 1 aliphatic carbocycles. The molecule has 4 nitrogen and oxygen atoms in total. The molecule has 1 saturated carbocycles. The lowest BCUT2D eigenvalue weighted by Gasteiger charge is -2.10. The van der Waals surface area contributed by atoms with Gasteiger partial charge < -0.3 is 15.8 Å². The van der Waals surface area contributed by atoms with Crippen molar-refractivity contribution in [1.82, 2.24) is 5.32 Å². The van der Waals surface area contributed by atoms with Crippen molar-refractivity contribution < 1.29 is 9.53 Å². The zero-order valence-electron chi connectivity index (χ0n) is 11.1. The van der Waals surface area contributed by atoms with Crippen LogP contribution in [0.5, 0.6) is 5.75 Å². The highest BCUT2D eigenvalue weighted by Gasteiger charge is 2.45. The van der Waals surface area contributed by atoms with E-state index in [1.54, 1.807) is 25.3 Å². The molecule has 0 bridgehead atoms. The fourth-order valence-electron chi connectivity index (χ4n) is 2.14. The Balaban J connectivity index is 2.02. The number of methoxy groups -OCH3 is 1. The molecule has 1 amide bonds. The summed E-state index contributed by atoms with van der Waals surface area (Å²) in [6.07, 6.45) is 1.17. The van der Waals surface area contributed by atoms with Gasteiger partial charge in [0.2, 0.25) is 0 Å². The van der Waals surface area contributed by atoms with E-state index in [-0.39, 0.29) is 5.91 Å². The van der Waals surface area contributed by atoms with Crippen molar-refractivity contribution in [3.05, 3.63) is 23.8 Å². The Bertz CT molecular complexity index is 469. The molecule has 1 aromatic carbocycles. The van der Waals surface area contributed by atoms with Gasteiger partial charge in [0, 0.05) is 12.2 Å². The van der Waals surface area contributed by atoms with Crippen LogP contribution in [0.1, 0.15) is 30.6 Å². The third-order valence-electron chi connectivity index (χ3n) is 3.69. The average Bonchev–Trinajstić information content (AvgIpc) is 2.94. The molecule has 18 heavy (non-hydrogen) atoms. The van der Waals surface area contributed by atoms with Crippen LogP contribution >= 0.6 is 0 Å². The molecule has 4 heteroatoms. The fourth-order valence-corrected chi connectivity index (χ4v) is 2.14. The average molecular weight is 248 g/mol. The molecule has 1 fully saturated rings. The molecular formula is C14H20N2O2. The maximum atomic E-state index is 12.1. The van der Waals surface area contributed by atoms with Crippen molar-refractivity contribution in [3.63, 3.8) is 0 Å². The van der Waals surface area contributed by atoms with Crippen molar-refractivity contribution in [1.29, 1.82) is 0 Å². The summed E-state index contributed by atoms with van der Waals surface area (Å²) in [6, 6.07) is 5.08. The predicted molar refractivity (Wildman–Crippen MR) is 71.6 cm³/mol. The van der Waals surface area contributed by atoms with Crippen molar-refractivity contribution in [3.8, 4) is 5.75 Å². The molecule has 1 aliphatic rings. The largest absolute Gasteiger partial charge is 0.496 e. The number of ether oxygens (including phenoxy) is 1. The minimum atomic E-state index is -0.123. The number of nitrogen functional groups attached to an aromatic ring is 1. The maximum absolute atomic E-state index is 12.1. The molecule has 1 atom stereocenters. The smallest absolute Gasteiger partial charge is 0.255 e. The van der Waals surface area contributed by atoms with Crippen LogP contribution in [0, 0.1) is 11.3 Å². The minimum absolute atomic E-state index is 0.123. The molecular weight excluding hydrogens is 228 g/mol. The van der Waals surface area contributed by atoms with E-state index >= 15 is 0 Å². The highest BCUT2D eigenvalue weighted by Crippen LogP contribution is 2.51. The second kappa shape index (κ2) is 4.52. The van der Waals surface area contributed by atoms with Crippen molar-refractivity contribution in [2.75, 3.05) is 19.4 Å². The Morgan fingerprint density at radius 2 is 2.22 bits per heavy atom. The van der Waals surface area contributed by atoms with Crippen molar-refractivity contribution in [2.45, 2.75) is 20.3 Å². The first kappa shape index (κ1) is 12.7. The Morgan fingerprint density at radius 3 is 2.78 bits per heavy atom. The van der Waals surface area contributed by atoms with Gasteiger partial charge >= 0.3 is 0 Å². The number of hydrogen-bond donors (Lipinski definition) is 2.